The fourth-order valence-corrected chi connectivity index (χ4v) is 1.42. The summed E-state index contributed by atoms with van der Waals surface area (Å²) >= 11 is 0. The number of rotatable bonds is 4. The van der Waals surface area contributed by atoms with Crippen LogP contribution in [-0.2, 0) is 6.54 Å². The number of hydrogen-bond acceptors (Lipinski definition) is 1. The van der Waals surface area contributed by atoms with Crippen molar-refractivity contribution in [2.75, 3.05) is 0 Å². The molecule has 1 aromatic rings. The first-order valence-electron chi connectivity index (χ1n) is 4.93. The lowest BCUT2D eigenvalue weighted by molar-refractivity contribution is 1.07. The van der Waals surface area contributed by atoms with E-state index in [9.17, 15) is 0 Å². The average molecular weight is 187 g/mol. The van der Waals surface area contributed by atoms with Crippen LogP contribution in [0.1, 0.15) is 24.5 Å². The summed E-state index contributed by atoms with van der Waals surface area (Å²) in [7, 11) is 0. The summed E-state index contributed by atoms with van der Waals surface area (Å²) in [6.45, 7) is 6.52. The van der Waals surface area contributed by atoms with E-state index in [0.717, 1.165) is 12.0 Å². The molecule has 0 radical (unpaired) electrons. The van der Waals surface area contributed by atoms with Gasteiger partial charge in [-0.1, -0.05) is 43.9 Å². The molecule has 0 spiro atoms. The van der Waals surface area contributed by atoms with Crippen molar-refractivity contribution in [3.05, 3.63) is 54.1 Å². The molecule has 1 heteroatoms. The molecule has 0 fully saturated rings. The van der Waals surface area contributed by atoms with Gasteiger partial charge >= 0.3 is 0 Å². The smallest absolute Gasteiger partial charge is 0.0178 e. The minimum Gasteiger partial charge on any atom is -0.326 e. The number of hydrogen-bond donors (Lipinski definition) is 1. The normalized spacial score (nSPS) is 11.4. The van der Waals surface area contributed by atoms with Crippen LogP contribution in [-0.4, -0.2) is 0 Å². The molecule has 14 heavy (non-hydrogen) atoms. The minimum absolute atomic E-state index is 0.588. The van der Waals surface area contributed by atoms with Gasteiger partial charge in [-0.05, 0) is 29.2 Å². The Morgan fingerprint density at radius 1 is 1.50 bits per heavy atom. The van der Waals surface area contributed by atoms with E-state index < -0.39 is 0 Å². The highest BCUT2D eigenvalue weighted by atomic mass is 14.5. The SMILES string of the molecule is C=C/C(=C\CC)c1cccc(CN)c1. The van der Waals surface area contributed by atoms with Crippen LogP contribution in [0.2, 0.25) is 0 Å². The molecule has 0 aliphatic rings. The molecule has 1 nitrogen and oxygen atoms in total. The Kier molecular flexibility index (Phi) is 4.14. The quantitative estimate of drug-likeness (QED) is 0.720. The van der Waals surface area contributed by atoms with Gasteiger partial charge in [-0.25, -0.2) is 0 Å². The Balaban J connectivity index is 3.04. The molecular weight excluding hydrogens is 170 g/mol. The first-order valence-corrected chi connectivity index (χ1v) is 4.93. The molecule has 0 saturated carbocycles. The third-order valence-electron chi connectivity index (χ3n) is 2.14. The molecule has 0 atom stereocenters. The van der Waals surface area contributed by atoms with Crippen LogP contribution in [0, 0.1) is 0 Å². The lowest BCUT2D eigenvalue weighted by atomic mass is 10.0. The topological polar surface area (TPSA) is 26.0 Å². The van der Waals surface area contributed by atoms with Crippen molar-refractivity contribution >= 4 is 5.57 Å². The zero-order chi connectivity index (χ0) is 10.4. The Morgan fingerprint density at radius 3 is 2.86 bits per heavy atom. The highest BCUT2D eigenvalue weighted by Gasteiger charge is 1.97. The van der Waals surface area contributed by atoms with Gasteiger partial charge in [0, 0.05) is 6.54 Å². The fraction of sp³-hybridized carbons (Fsp3) is 0.231. The van der Waals surface area contributed by atoms with E-state index in [1.165, 1.54) is 11.1 Å². The Labute approximate surface area is 85.9 Å². The maximum atomic E-state index is 5.59. The molecule has 2 N–H and O–H groups in total. The van der Waals surface area contributed by atoms with Crippen LogP contribution in [0.3, 0.4) is 0 Å². The molecular formula is C13H17N. The summed E-state index contributed by atoms with van der Waals surface area (Å²) in [6, 6.07) is 8.27. The molecule has 0 unspecified atom stereocenters. The molecule has 0 aromatic heterocycles. The number of benzene rings is 1. The van der Waals surface area contributed by atoms with Crippen molar-refractivity contribution in [2.24, 2.45) is 5.73 Å². The lowest BCUT2D eigenvalue weighted by Gasteiger charge is -2.04. The predicted molar refractivity (Wildman–Crippen MR) is 62.8 cm³/mol. The molecule has 0 aliphatic heterocycles. The third-order valence-corrected chi connectivity index (χ3v) is 2.14. The molecule has 0 amide bonds. The zero-order valence-corrected chi connectivity index (χ0v) is 8.66. The monoisotopic (exact) mass is 187 g/mol. The van der Waals surface area contributed by atoms with Crippen LogP contribution >= 0.6 is 0 Å². The molecule has 1 aromatic carbocycles. The highest BCUT2D eigenvalue weighted by molar-refractivity contribution is 5.73. The van der Waals surface area contributed by atoms with Gasteiger partial charge in [-0.3, -0.25) is 0 Å². The van der Waals surface area contributed by atoms with Gasteiger partial charge in [0.25, 0.3) is 0 Å². The second-order valence-electron chi connectivity index (χ2n) is 3.18. The van der Waals surface area contributed by atoms with Crippen LogP contribution in [0.4, 0.5) is 0 Å². The number of nitrogens with two attached hydrogens (primary N) is 1. The van der Waals surface area contributed by atoms with Gasteiger partial charge in [-0.15, -0.1) is 0 Å². The van der Waals surface area contributed by atoms with E-state index in [2.05, 4.69) is 31.7 Å². The second-order valence-corrected chi connectivity index (χ2v) is 3.18. The average Bonchev–Trinajstić information content (AvgIpc) is 2.26. The summed E-state index contributed by atoms with van der Waals surface area (Å²) in [5.41, 5.74) is 9.13. The Morgan fingerprint density at radius 2 is 2.29 bits per heavy atom. The van der Waals surface area contributed by atoms with E-state index in [-0.39, 0.29) is 0 Å². The Bertz CT molecular complexity index is 337. The van der Waals surface area contributed by atoms with Crippen molar-refractivity contribution in [2.45, 2.75) is 19.9 Å². The van der Waals surface area contributed by atoms with Gasteiger partial charge in [0.15, 0.2) is 0 Å². The molecule has 0 saturated heterocycles. The lowest BCUT2D eigenvalue weighted by Crippen LogP contribution is -1.96. The van der Waals surface area contributed by atoms with E-state index in [4.69, 9.17) is 5.73 Å². The maximum Gasteiger partial charge on any atom is 0.0178 e. The van der Waals surface area contributed by atoms with Crippen molar-refractivity contribution < 1.29 is 0 Å². The van der Waals surface area contributed by atoms with Crippen LogP contribution in [0.15, 0.2) is 43.0 Å². The van der Waals surface area contributed by atoms with E-state index in [0.29, 0.717) is 6.54 Å². The molecule has 0 aliphatic carbocycles. The zero-order valence-electron chi connectivity index (χ0n) is 8.66. The standard InChI is InChI=1S/C13H17N/c1-3-6-12(4-2)13-8-5-7-11(9-13)10-14/h4-9H,2-3,10,14H2,1H3/b12-6+. The summed E-state index contributed by atoms with van der Waals surface area (Å²) < 4.78 is 0. The summed E-state index contributed by atoms with van der Waals surface area (Å²) in [5.74, 6) is 0. The van der Waals surface area contributed by atoms with Crippen LogP contribution in [0.25, 0.3) is 5.57 Å². The second kappa shape index (κ2) is 5.40. The highest BCUT2D eigenvalue weighted by Crippen LogP contribution is 2.17. The molecule has 0 bridgehead atoms. The van der Waals surface area contributed by atoms with Crippen molar-refractivity contribution in [3.8, 4) is 0 Å². The van der Waals surface area contributed by atoms with Gasteiger partial charge < -0.3 is 5.73 Å². The third kappa shape index (κ3) is 2.57. The first-order chi connectivity index (χ1) is 6.81. The van der Waals surface area contributed by atoms with E-state index in [1.807, 2.05) is 18.2 Å². The van der Waals surface area contributed by atoms with Gasteiger partial charge in [0.05, 0.1) is 0 Å². The van der Waals surface area contributed by atoms with Crippen molar-refractivity contribution in [1.29, 1.82) is 0 Å². The van der Waals surface area contributed by atoms with Crippen molar-refractivity contribution in [3.63, 3.8) is 0 Å². The fourth-order valence-electron chi connectivity index (χ4n) is 1.42. The van der Waals surface area contributed by atoms with E-state index in [1.54, 1.807) is 0 Å². The van der Waals surface area contributed by atoms with Gasteiger partial charge in [0.2, 0.25) is 0 Å². The summed E-state index contributed by atoms with van der Waals surface area (Å²) in [4.78, 5) is 0. The van der Waals surface area contributed by atoms with Crippen LogP contribution < -0.4 is 5.73 Å². The largest absolute Gasteiger partial charge is 0.326 e. The van der Waals surface area contributed by atoms with Gasteiger partial charge in [-0.2, -0.15) is 0 Å². The Hall–Kier alpha value is -1.34. The van der Waals surface area contributed by atoms with E-state index >= 15 is 0 Å². The first kappa shape index (κ1) is 10.7. The molecule has 1 rings (SSSR count). The minimum atomic E-state index is 0.588. The molecule has 0 heterocycles. The number of allylic oxidation sites excluding steroid dienone is 3. The van der Waals surface area contributed by atoms with Gasteiger partial charge in [0.1, 0.15) is 0 Å². The maximum absolute atomic E-state index is 5.59. The predicted octanol–water partition coefficient (Wildman–Crippen LogP) is 3.12. The molecule has 74 valence electrons. The van der Waals surface area contributed by atoms with Crippen LogP contribution in [0.5, 0.6) is 0 Å². The summed E-state index contributed by atoms with van der Waals surface area (Å²) in [5, 5.41) is 0. The van der Waals surface area contributed by atoms with Crippen molar-refractivity contribution in [1.82, 2.24) is 0 Å². The summed E-state index contributed by atoms with van der Waals surface area (Å²) in [6.07, 6.45) is 5.08.